The molecule has 7 heterocycles. The first kappa shape index (κ1) is 31.5. The monoisotopic (exact) mass is 662 g/mol. The molecule has 0 aromatic carbocycles. The summed E-state index contributed by atoms with van der Waals surface area (Å²) in [6.07, 6.45) is 14.1. The first-order valence-corrected chi connectivity index (χ1v) is 17.3. The largest absolute Gasteiger partial charge is 0.392 e. The van der Waals surface area contributed by atoms with E-state index in [4.69, 9.17) is 9.72 Å². The van der Waals surface area contributed by atoms with Crippen molar-refractivity contribution in [2.24, 2.45) is 7.05 Å². The number of nitrogens with one attached hydrogen (secondary N) is 1. The summed E-state index contributed by atoms with van der Waals surface area (Å²) >= 11 is 0. The van der Waals surface area contributed by atoms with Gasteiger partial charge in [-0.3, -0.25) is 19.1 Å². The average Bonchev–Trinajstić information content (AvgIpc) is 3.49. The summed E-state index contributed by atoms with van der Waals surface area (Å²) in [5.74, 6) is 0.920. The highest BCUT2D eigenvalue weighted by atomic mass is 16.5. The van der Waals surface area contributed by atoms with Gasteiger partial charge in [0.1, 0.15) is 22.8 Å². The molecule has 0 radical (unpaired) electrons. The van der Waals surface area contributed by atoms with Crippen LogP contribution in [0.25, 0.3) is 22.5 Å². The SMILES string of the molecule is CCC1CN(C2COC2)CCN1c1ccc(Nc2cc(-c3ccnc(-n4ccn5c6c(cc5c4=O)CCCC6)c3CO)cn(C)c2=O)nc1. The minimum absolute atomic E-state index is 0.186. The molecule has 0 spiro atoms. The number of aryl methyl sites for hydroxylation is 3. The van der Waals surface area contributed by atoms with E-state index < -0.39 is 0 Å². The fourth-order valence-electron chi connectivity index (χ4n) is 7.72. The Bertz CT molecular complexity index is 2130. The third-order valence-electron chi connectivity index (χ3n) is 10.5. The number of aromatic nitrogens is 5. The molecule has 0 bridgehead atoms. The number of anilines is 3. The Morgan fingerprint density at radius 2 is 1.88 bits per heavy atom. The number of piperazine rings is 1. The molecule has 12 nitrogen and oxygen atoms in total. The van der Waals surface area contributed by atoms with Crippen molar-refractivity contribution in [1.29, 1.82) is 0 Å². The third kappa shape index (κ3) is 5.63. The minimum atomic E-state index is -0.344. The lowest BCUT2D eigenvalue weighted by Gasteiger charge is -2.47. The number of aliphatic hydroxyl groups is 1. The lowest BCUT2D eigenvalue weighted by atomic mass is 9.98. The molecule has 2 aliphatic heterocycles. The van der Waals surface area contributed by atoms with Gasteiger partial charge in [0, 0.05) is 74.3 Å². The Balaban J connectivity index is 1.08. The molecular formula is C37H42N8O4. The summed E-state index contributed by atoms with van der Waals surface area (Å²) in [6, 6.07) is 10.5. The second-order valence-electron chi connectivity index (χ2n) is 13.4. The molecule has 254 valence electrons. The lowest BCUT2D eigenvalue weighted by Crippen LogP contribution is -2.60. The van der Waals surface area contributed by atoms with Crippen molar-refractivity contribution < 1.29 is 9.84 Å². The molecule has 1 aliphatic carbocycles. The fraction of sp³-hybridized carbons (Fsp3) is 0.405. The second-order valence-corrected chi connectivity index (χ2v) is 13.4. The maximum Gasteiger partial charge on any atom is 0.280 e. The van der Waals surface area contributed by atoms with Gasteiger partial charge >= 0.3 is 0 Å². The number of pyridine rings is 3. The van der Waals surface area contributed by atoms with Crippen LogP contribution in [0.5, 0.6) is 0 Å². The topological polar surface area (TPSA) is 122 Å². The zero-order valence-electron chi connectivity index (χ0n) is 28.0. The van der Waals surface area contributed by atoms with Gasteiger partial charge in [0.15, 0.2) is 0 Å². The molecule has 3 aliphatic rings. The molecular weight excluding hydrogens is 620 g/mol. The zero-order chi connectivity index (χ0) is 33.6. The van der Waals surface area contributed by atoms with Gasteiger partial charge in [-0.15, -0.1) is 0 Å². The lowest BCUT2D eigenvalue weighted by molar-refractivity contribution is -0.0698. The molecule has 5 aromatic heterocycles. The molecule has 1 unspecified atom stereocenters. The van der Waals surface area contributed by atoms with Crippen LogP contribution in [0, 0.1) is 0 Å². The third-order valence-corrected chi connectivity index (χ3v) is 10.5. The smallest absolute Gasteiger partial charge is 0.280 e. The summed E-state index contributed by atoms with van der Waals surface area (Å²) in [5, 5.41) is 13.9. The zero-order valence-corrected chi connectivity index (χ0v) is 28.0. The van der Waals surface area contributed by atoms with Crippen LogP contribution in [0.3, 0.4) is 0 Å². The van der Waals surface area contributed by atoms with E-state index in [1.54, 1.807) is 37.8 Å². The van der Waals surface area contributed by atoms with Gasteiger partial charge in [-0.1, -0.05) is 6.92 Å². The van der Waals surface area contributed by atoms with Crippen molar-refractivity contribution in [1.82, 2.24) is 28.4 Å². The van der Waals surface area contributed by atoms with Crippen LogP contribution in [0.15, 0.2) is 70.9 Å². The van der Waals surface area contributed by atoms with Gasteiger partial charge in [-0.2, -0.15) is 0 Å². The Hall–Kier alpha value is -4.78. The van der Waals surface area contributed by atoms with Crippen LogP contribution in [0.1, 0.15) is 43.0 Å². The number of aliphatic hydroxyl groups excluding tert-OH is 1. The van der Waals surface area contributed by atoms with Crippen LogP contribution in [-0.4, -0.2) is 78.4 Å². The Morgan fingerprint density at radius 3 is 2.63 bits per heavy atom. The average molecular weight is 663 g/mol. The van der Waals surface area contributed by atoms with Gasteiger partial charge < -0.3 is 29.0 Å². The second kappa shape index (κ2) is 12.9. The molecule has 0 saturated carbocycles. The van der Waals surface area contributed by atoms with Crippen LogP contribution in [0.4, 0.5) is 17.2 Å². The predicted molar refractivity (Wildman–Crippen MR) is 189 cm³/mol. The summed E-state index contributed by atoms with van der Waals surface area (Å²) in [4.78, 5) is 41.3. The van der Waals surface area contributed by atoms with E-state index in [1.165, 1.54) is 20.4 Å². The van der Waals surface area contributed by atoms with Crippen molar-refractivity contribution in [2.45, 2.75) is 57.7 Å². The number of nitrogens with zero attached hydrogens (tertiary/aromatic N) is 7. The highest BCUT2D eigenvalue weighted by molar-refractivity contribution is 5.73. The maximum atomic E-state index is 13.8. The molecule has 12 heteroatoms. The highest BCUT2D eigenvalue weighted by Crippen LogP contribution is 2.30. The molecule has 2 fully saturated rings. The molecule has 1 atom stereocenters. The number of ether oxygens (including phenoxy) is 1. The number of hydrogen-bond acceptors (Lipinski definition) is 9. The molecule has 0 amide bonds. The Labute approximate surface area is 284 Å². The quantitative estimate of drug-likeness (QED) is 0.257. The van der Waals surface area contributed by atoms with E-state index in [-0.39, 0.29) is 17.7 Å². The van der Waals surface area contributed by atoms with Crippen LogP contribution in [0.2, 0.25) is 0 Å². The predicted octanol–water partition coefficient (Wildman–Crippen LogP) is 3.66. The summed E-state index contributed by atoms with van der Waals surface area (Å²) in [5.41, 5.74) is 5.91. The van der Waals surface area contributed by atoms with Gasteiger partial charge in [-0.25, -0.2) is 9.97 Å². The van der Waals surface area contributed by atoms with Crippen molar-refractivity contribution in [3.8, 4) is 16.9 Å². The first-order chi connectivity index (χ1) is 23.9. The van der Waals surface area contributed by atoms with Crippen LogP contribution < -0.4 is 21.3 Å². The first-order valence-electron chi connectivity index (χ1n) is 17.3. The Morgan fingerprint density at radius 1 is 1.02 bits per heavy atom. The van der Waals surface area contributed by atoms with Crippen molar-refractivity contribution in [2.75, 3.05) is 43.1 Å². The fourth-order valence-corrected chi connectivity index (χ4v) is 7.72. The van der Waals surface area contributed by atoms with Gasteiger partial charge in [-0.05, 0) is 73.6 Å². The van der Waals surface area contributed by atoms with Gasteiger partial charge in [0.25, 0.3) is 11.1 Å². The number of fused-ring (bicyclic) bond motifs is 3. The minimum Gasteiger partial charge on any atom is -0.392 e. The summed E-state index contributed by atoms with van der Waals surface area (Å²) < 4.78 is 10.4. The van der Waals surface area contributed by atoms with Gasteiger partial charge in [0.2, 0.25) is 0 Å². The molecule has 49 heavy (non-hydrogen) atoms. The van der Waals surface area contributed by atoms with Crippen molar-refractivity contribution >= 4 is 22.7 Å². The van der Waals surface area contributed by atoms with E-state index in [2.05, 4.69) is 33.1 Å². The van der Waals surface area contributed by atoms with Crippen molar-refractivity contribution in [3.63, 3.8) is 0 Å². The van der Waals surface area contributed by atoms with E-state index in [0.29, 0.717) is 51.6 Å². The van der Waals surface area contributed by atoms with Crippen molar-refractivity contribution in [3.05, 3.63) is 98.8 Å². The van der Waals surface area contributed by atoms with E-state index in [9.17, 15) is 14.7 Å². The Kier molecular flexibility index (Phi) is 8.30. The van der Waals surface area contributed by atoms with Gasteiger partial charge in [0.05, 0.1) is 37.7 Å². The van der Waals surface area contributed by atoms with Crippen LogP contribution in [-0.2, 0) is 31.2 Å². The molecule has 5 aromatic rings. The van der Waals surface area contributed by atoms with E-state index in [0.717, 1.165) is 70.6 Å². The summed E-state index contributed by atoms with van der Waals surface area (Å²) in [6.45, 7) is 6.48. The van der Waals surface area contributed by atoms with Crippen LogP contribution >= 0.6 is 0 Å². The highest BCUT2D eigenvalue weighted by Gasteiger charge is 2.33. The number of hydrogen-bond donors (Lipinski definition) is 2. The summed E-state index contributed by atoms with van der Waals surface area (Å²) in [7, 11) is 1.70. The standard InChI is InChI=1S/C37H42N8O4/c1-3-26-20-42(28-22-49-23-28)12-13-43(26)27-8-9-34(39-18-27)40-31-16-25(19-41(2)36(31)47)29-10-11-38-35(30(29)21-46)45-15-14-44-32-7-5-4-6-24(32)17-33(44)37(45)48/h8-11,14-19,26,28,46H,3-7,12-13,20-23H2,1-2H3,(H,39,40). The normalized spacial score (nSPS) is 18.4. The van der Waals surface area contributed by atoms with E-state index in [1.807, 2.05) is 28.9 Å². The van der Waals surface area contributed by atoms with E-state index >= 15 is 0 Å². The molecule has 8 rings (SSSR count). The maximum absolute atomic E-state index is 13.8. The number of rotatable bonds is 8. The molecule has 2 N–H and O–H groups in total. The molecule has 2 saturated heterocycles.